The molecule has 0 bridgehead atoms. The van der Waals surface area contributed by atoms with Crippen LogP contribution in [0, 0.1) is 0 Å². The number of ketones is 1. The first-order valence-corrected chi connectivity index (χ1v) is 7.24. The Kier molecular flexibility index (Phi) is 7.86. The first-order valence-electron chi connectivity index (χ1n) is 5.31. The summed E-state index contributed by atoms with van der Waals surface area (Å²) in [5, 5.41) is 0. The van der Waals surface area contributed by atoms with Gasteiger partial charge in [-0.15, -0.1) is 0 Å². The van der Waals surface area contributed by atoms with Gasteiger partial charge in [-0.25, -0.2) is 0 Å². The first kappa shape index (κ1) is 14.8. The Hall–Kier alpha value is -0.233. The van der Waals surface area contributed by atoms with E-state index in [-0.39, 0.29) is 0 Å². The van der Waals surface area contributed by atoms with E-state index in [0.717, 1.165) is 18.9 Å². The molecule has 0 rings (SSSR count). The SMILES string of the molecule is CCC(=O)CCCC[Si](OC)(OC)OC. The predicted octanol–water partition coefficient (Wildman–Crippen LogP) is 2.01. The third kappa shape index (κ3) is 5.41. The van der Waals surface area contributed by atoms with Gasteiger partial charge in [0, 0.05) is 40.2 Å². The van der Waals surface area contributed by atoms with Crippen molar-refractivity contribution in [1.82, 2.24) is 0 Å². The van der Waals surface area contributed by atoms with Crippen LogP contribution in [0.3, 0.4) is 0 Å². The minimum atomic E-state index is -2.41. The lowest BCUT2D eigenvalue weighted by Crippen LogP contribution is -2.42. The maximum atomic E-state index is 11.1. The van der Waals surface area contributed by atoms with Gasteiger partial charge in [0.25, 0.3) is 0 Å². The van der Waals surface area contributed by atoms with Crippen molar-refractivity contribution in [3.63, 3.8) is 0 Å². The predicted molar refractivity (Wildman–Crippen MR) is 60.7 cm³/mol. The van der Waals surface area contributed by atoms with Gasteiger partial charge in [-0.3, -0.25) is 4.79 Å². The molecular weight excluding hydrogens is 212 g/mol. The molecule has 0 aromatic carbocycles. The van der Waals surface area contributed by atoms with Gasteiger partial charge < -0.3 is 13.3 Å². The minimum absolute atomic E-state index is 0.314. The van der Waals surface area contributed by atoms with E-state index in [0.29, 0.717) is 18.6 Å². The molecule has 0 radical (unpaired) electrons. The van der Waals surface area contributed by atoms with Crippen LogP contribution in [0.4, 0.5) is 0 Å². The normalized spacial score (nSPS) is 11.7. The molecule has 90 valence electrons. The summed E-state index contributed by atoms with van der Waals surface area (Å²) < 4.78 is 15.8. The van der Waals surface area contributed by atoms with E-state index >= 15 is 0 Å². The second-order valence-corrected chi connectivity index (χ2v) is 6.49. The lowest BCUT2D eigenvalue weighted by Gasteiger charge is -2.24. The minimum Gasteiger partial charge on any atom is -0.377 e. The second-order valence-electron chi connectivity index (χ2n) is 3.39. The number of hydrogen-bond acceptors (Lipinski definition) is 4. The fourth-order valence-electron chi connectivity index (χ4n) is 1.40. The zero-order chi connectivity index (χ0) is 11.7. The highest BCUT2D eigenvalue weighted by molar-refractivity contribution is 6.60. The van der Waals surface area contributed by atoms with Crippen LogP contribution < -0.4 is 0 Å². The van der Waals surface area contributed by atoms with Gasteiger partial charge in [0.1, 0.15) is 5.78 Å². The fraction of sp³-hybridized carbons (Fsp3) is 0.900. The zero-order valence-corrected chi connectivity index (χ0v) is 11.2. The van der Waals surface area contributed by atoms with Crippen molar-refractivity contribution in [2.75, 3.05) is 21.3 Å². The molecule has 0 aliphatic rings. The smallest absolute Gasteiger partial charge is 0.377 e. The zero-order valence-electron chi connectivity index (χ0n) is 10.2. The van der Waals surface area contributed by atoms with Crippen LogP contribution >= 0.6 is 0 Å². The van der Waals surface area contributed by atoms with Crippen LogP contribution in [0.5, 0.6) is 0 Å². The highest BCUT2D eigenvalue weighted by atomic mass is 28.4. The van der Waals surface area contributed by atoms with Crippen molar-refractivity contribution < 1.29 is 18.1 Å². The Morgan fingerprint density at radius 1 is 1.07 bits per heavy atom. The molecule has 0 aromatic rings. The maximum Gasteiger partial charge on any atom is 0.500 e. The second kappa shape index (κ2) is 7.98. The van der Waals surface area contributed by atoms with Crippen molar-refractivity contribution in [3.05, 3.63) is 0 Å². The van der Waals surface area contributed by atoms with Gasteiger partial charge in [0.2, 0.25) is 0 Å². The van der Waals surface area contributed by atoms with E-state index in [9.17, 15) is 4.79 Å². The van der Waals surface area contributed by atoms with Gasteiger partial charge in [-0.2, -0.15) is 0 Å². The number of unbranched alkanes of at least 4 members (excludes halogenated alkanes) is 1. The summed E-state index contributed by atoms with van der Waals surface area (Å²) in [4.78, 5) is 11.1. The molecule has 0 fully saturated rings. The topological polar surface area (TPSA) is 44.8 Å². The molecule has 0 aliphatic heterocycles. The molecule has 4 nitrogen and oxygen atoms in total. The Labute approximate surface area is 93.3 Å². The highest BCUT2D eigenvalue weighted by Gasteiger charge is 2.36. The Morgan fingerprint density at radius 3 is 2.00 bits per heavy atom. The molecule has 0 spiro atoms. The number of Topliss-reactive ketones (excluding diaryl/α,β-unsaturated/α-hetero) is 1. The van der Waals surface area contributed by atoms with E-state index in [1.54, 1.807) is 21.3 Å². The van der Waals surface area contributed by atoms with Crippen LogP contribution in [0.2, 0.25) is 6.04 Å². The number of hydrogen-bond donors (Lipinski definition) is 0. The molecule has 0 saturated heterocycles. The van der Waals surface area contributed by atoms with E-state index < -0.39 is 8.80 Å². The maximum absolute atomic E-state index is 11.1. The average Bonchev–Trinajstić information content (AvgIpc) is 2.30. The Balaban J connectivity index is 3.76. The van der Waals surface area contributed by atoms with Gasteiger partial charge in [-0.05, 0) is 12.8 Å². The van der Waals surface area contributed by atoms with Crippen LogP contribution in [-0.2, 0) is 18.1 Å². The van der Waals surface area contributed by atoms with Crippen molar-refractivity contribution in [3.8, 4) is 0 Å². The lowest BCUT2D eigenvalue weighted by molar-refractivity contribution is -0.118. The quantitative estimate of drug-likeness (QED) is 0.452. The molecule has 0 saturated carbocycles. The Morgan fingerprint density at radius 2 is 1.60 bits per heavy atom. The summed E-state index contributed by atoms with van der Waals surface area (Å²) in [5.41, 5.74) is 0. The van der Waals surface area contributed by atoms with Gasteiger partial charge >= 0.3 is 8.80 Å². The number of carbonyl (C=O) groups is 1. The summed E-state index contributed by atoms with van der Waals surface area (Å²) in [6, 6.07) is 0.771. The molecule has 0 atom stereocenters. The summed E-state index contributed by atoms with van der Waals surface area (Å²) >= 11 is 0. The van der Waals surface area contributed by atoms with E-state index in [1.165, 1.54) is 0 Å². The van der Waals surface area contributed by atoms with Gasteiger partial charge in [-0.1, -0.05) is 6.92 Å². The first-order chi connectivity index (χ1) is 7.14. The molecule has 0 aliphatic carbocycles. The van der Waals surface area contributed by atoms with Crippen LogP contribution in [0.1, 0.15) is 32.6 Å². The summed E-state index contributed by atoms with van der Waals surface area (Å²) in [7, 11) is 2.41. The van der Waals surface area contributed by atoms with Gasteiger partial charge in [0.15, 0.2) is 0 Å². The van der Waals surface area contributed by atoms with Crippen molar-refractivity contribution in [2.24, 2.45) is 0 Å². The summed E-state index contributed by atoms with van der Waals surface area (Å²) in [6.07, 6.45) is 3.07. The third-order valence-corrected chi connectivity index (χ3v) is 5.35. The largest absolute Gasteiger partial charge is 0.500 e. The molecule has 0 amide bonds. The molecule has 0 N–H and O–H groups in total. The van der Waals surface area contributed by atoms with E-state index in [2.05, 4.69) is 0 Å². The fourth-order valence-corrected chi connectivity index (χ4v) is 3.19. The number of rotatable bonds is 9. The molecule has 15 heavy (non-hydrogen) atoms. The van der Waals surface area contributed by atoms with Crippen molar-refractivity contribution in [2.45, 2.75) is 38.7 Å². The highest BCUT2D eigenvalue weighted by Crippen LogP contribution is 2.17. The van der Waals surface area contributed by atoms with Crippen LogP contribution in [0.15, 0.2) is 0 Å². The van der Waals surface area contributed by atoms with Gasteiger partial charge in [0.05, 0.1) is 0 Å². The van der Waals surface area contributed by atoms with E-state index in [4.69, 9.17) is 13.3 Å². The standard InChI is InChI=1S/C10H22O4Si/c1-5-10(11)8-6-7-9-15(12-2,13-3)14-4/h5-9H2,1-4H3. The molecule has 0 heterocycles. The average molecular weight is 234 g/mol. The van der Waals surface area contributed by atoms with Crippen LogP contribution in [-0.4, -0.2) is 35.9 Å². The molecule has 0 aromatic heterocycles. The van der Waals surface area contributed by atoms with Crippen LogP contribution in [0.25, 0.3) is 0 Å². The summed E-state index contributed by atoms with van der Waals surface area (Å²) in [5.74, 6) is 0.314. The van der Waals surface area contributed by atoms with E-state index in [1.807, 2.05) is 6.92 Å². The molecule has 0 unspecified atom stereocenters. The number of carbonyl (C=O) groups excluding carboxylic acids is 1. The van der Waals surface area contributed by atoms with Crippen molar-refractivity contribution >= 4 is 14.6 Å². The Bertz CT molecular complexity index is 172. The lowest BCUT2D eigenvalue weighted by atomic mass is 10.1. The summed E-state index contributed by atoms with van der Waals surface area (Å²) in [6.45, 7) is 1.89. The molecular formula is C10H22O4Si. The van der Waals surface area contributed by atoms with Crippen molar-refractivity contribution in [1.29, 1.82) is 0 Å². The monoisotopic (exact) mass is 234 g/mol. The molecule has 5 heteroatoms. The third-order valence-electron chi connectivity index (χ3n) is 2.52.